The van der Waals surface area contributed by atoms with Gasteiger partial charge < -0.3 is 9.64 Å². The number of nitrogens with zero attached hydrogens (tertiary/aromatic N) is 6. The minimum absolute atomic E-state index is 0.296. The standard InChI is InChI=1S/C26H29N7O2S/c1-4-6-15-33(24-22(25(34)35-5-2)16-27-26(28-24)36-3)17-18-11-13-19(14-12-18)20-9-7-8-10-21(20)23-29-31-32-30-23/h7-14,16H,4-6,15,17H2,1-3H3,(H,29,30,31,32). The average molecular weight is 504 g/mol. The van der Waals surface area contributed by atoms with E-state index in [9.17, 15) is 4.79 Å². The zero-order chi connectivity index (χ0) is 25.3. The SMILES string of the molecule is CCCCN(Cc1ccc(-c2ccccc2-c2nnn[nH]2)cc1)c1nc(SC)ncc1C(=O)OCC. The Bertz CT molecular complexity index is 1280. The highest BCUT2D eigenvalue weighted by atomic mass is 32.2. The fourth-order valence-electron chi connectivity index (χ4n) is 3.88. The van der Waals surface area contributed by atoms with Crippen LogP contribution in [-0.2, 0) is 11.3 Å². The highest BCUT2D eigenvalue weighted by Crippen LogP contribution is 2.30. The number of carbonyl (C=O) groups is 1. The van der Waals surface area contributed by atoms with Crippen molar-refractivity contribution < 1.29 is 9.53 Å². The van der Waals surface area contributed by atoms with E-state index in [0.29, 0.717) is 35.5 Å². The van der Waals surface area contributed by atoms with Crippen molar-refractivity contribution in [2.45, 2.75) is 38.4 Å². The number of unbranched alkanes of at least 4 members (excludes halogenated alkanes) is 1. The number of tetrazole rings is 1. The molecule has 0 atom stereocenters. The molecule has 0 aliphatic heterocycles. The molecular weight excluding hydrogens is 474 g/mol. The van der Waals surface area contributed by atoms with Crippen LogP contribution >= 0.6 is 11.8 Å². The lowest BCUT2D eigenvalue weighted by Gasteiger charge is -2.26. The summed E-state index contributed by atoms with van der Waals surface area (Å²) in [6.07, 6.45) is 5.49. The van der Waals surface area contributed by atoms with Crippen molar-refractivity contribution in [2.75, 3.05) is 24.3 Å². The number of hydrogen-bond donors (Lipinski definition) is 1. The second-order valence-corrected chi connectivity index (χ2v) is 8.86. The molecule has 0 unspecified atom stereocenters. The van der Waals surface area contributed by atoms with Crippen molar-refractivity contribution in [1.82, 2.24) is 30.6 Å². The second kappa shape index (κ2) is 12.3. The van der Waals surface area contributed by atoms with Crippen LogP contribution in [0.1, 0.15) is 42.6 Å². The molecule has 0 aliphatic rings. The van der Waals surface area contributed by atoms with E-state index in [2.05, 4.69) is 67.8 Å². The predicted molar refractivity (Wildman–Crippen MR) is 141 cm³/mol. The second-order valence-electron chi connectivity index (χ2n) is 8.08. The third kappa shape index (κ3) is 5.88. The van der Waals surface area contributed by atoms with Crippen LogP contribution in [0.15, 0.2) is 59.9 Å². The van der Waals surface area contributed by atoms with Crippen molar-refractivity contribution in [3.8, 4) is 22.5 Å². The van der Waals surface area contributed by atoms with Crippen molar-refractivity contribution >= 4 is 23.5 Å². The van der Waals surface area contributed by atoms with Crippen LogP contribution in [0.4, 0.5) is 5.82 Å². The monoisotopic (exact) mass is 503 g/mol. The summed E-state index contributed by atoms with van der Waals surface area (Å²) in [5.41, 5.74) is 4.52. The van der Waals surface area contributed by atoms with Gasteiger partial charge in [-0.1, -0.05) is 73.6 Å². The largest absolute Gasteiger partial charge is 0.462 e. The molecule has 0 radical (unpaired) electrons. The predicted octanol–water partition coefficient (Wildman–Crippen LogP) is 5.03. The zero-order valence-electron chi connectivity index (χ0n) is 20.6. The molecule has 9 nitrogen and oxygen atoms in total. The van der Waals surface area contributed by atoms with Gasteiger partial charge in [-0.3, -0.25) is 0 Å². The number of hydrogen-bond acceptors (Lipinski definition) is 9. The number of thioether (sulfide) groups is 1. The van der Waals surface area contributed by atoms with Gasteiger partial charge in [0.25, 0.3) is 0 Å². The Morgan fingerprint density at radius 3 is 2.53 bits per heavy atom. The van der Waals surface area contributed by atoms with Gasteiger partial charge in [0, 0.05) is 24.8 Å². The lowest BCUT2D eigenvalue weighted by molar-refractivity contribution is 0.0526. The first kappa shape index (κ1) is 25.3. The summed E-state index contributed by atoms with van der Waals surface area (Å²) in [5, 5.41) is 14.9. The highest BCUT2D eigenvalue weighted by Gasteiger charge is 2.21. The number of nitrogens with one attached hydrogen (secondary N) is 1. The van der Waals surface area contributed by atoms with Gasteiger partial charge in [-0.25, -0.2) is 19.9 Å². The summed E-state index contributed by atoms with van der Waals surface area (Å²) in [6.45, 7) is 5.60. The highest BCUT2D eigenvalue weighted by molar-refractivity contribution is 7.98. The molecule has 2 aromatic heterocycles. The fraction of sp³-hybridized carbons (Fsp3) is 0.308. The third-order valence-electron chi connectivity index (χ3n) is 5.67. The molecule has 0 bridgehead atoms. The fourth-order valence-corrected chi connectivity index (χ4v) is 4.22. The molecule has 0 amide bonds. The van der Waals surface area contributed by atoms with Crippen LogP contribution < -0.4 is 4.90 Å². The van der Waals surface area contributed by atoms with Crippen LogP contribution in [0.5, 0.6) is 0 Å². The molecule has 2 heterocycles. The minimum Gasteiger partial charge on any atom is -0.462 e. The Labute approximate surface area is 214 Å². The third-order valence-corrected chi connectivity index (χ3v) is 6.23. The molecular formula is C26H29N7O2S. The lowest BCUT2D eigenvalue weighted by atomic mass is 9.98. The maximum atomic E-state index is 12.7. The van der Waals surface area contributed by atoms with Crippen molar-refractivity contribution in [2.24, 2.45) is 0 Å². The average Bonchev–Trinajstić information content (AvgIpc) is 3.46. The molecule has 36 heavy (non-hydrogen) atoms. The molecule has 1 N–H and O–H groups in total. The number of ether oxygens (including phenoxy) is 1. The molecule has 2 aromatic carbocycles. The van der Waals surface area contributed by atoms with Gasteiger partial charge in [-0.2, -0.15) is 0 Å². The van der Waals surface area contributed by atoms with Gasteiger partial charge in [0.2, 0.25) is 0 Å². The van der Waals surface area contributed by atoms with E-state index < -0.39 is 5.97 Å². The van der Waals surface area contributed by atoms with E-state index >= 15 is 0 Å². The number of carbonyl (C=O) groups excluding carboxylic acids is 1. The molecule has 0 saturated heterocycles. The summed E-state index contributed by atoms with van der Waals surface area (Å²) in [6, 6.07) is 16.4. The Morgan fingerprint density at radius 2 is 1.86 bits per heavy atom. The molecule has 0 aliphatic carbocycles. The lowest BCUT2D eigenvalue weighted by Crippen LogP contribution is -2.27. The quantitative estimate of drug-likeness (QED) is 0.171. The minimum atomic E-state index is -0.407. The van der Waals surface area contributed by atoms with Crippen LogP contribution in [0, 0.1) is 0 Å². The molecule has 186 valence electrons. The Balaban J connectivity index is 1.64. The van der Waals surface area contributed by atoms with Gasteiger partial charge >= 0.3 is 5.97 Å². The summed E-state index contributed by atoms with van der Waals surface area (Å²) < 4.78 is 5.28. The maximum Gasteiger partial charge on any atom is 0.343 e. The van der Waals surface area contributed by atoms with Gasteiger partial charge in [-0.15, -0.1) is 5.10 Å². The van der Waals surface area contributed by atoms with Gasteiger partial charge in [0.15, 0.2) is 11.0 Å². The van der Waals surface area contributed by atoms with Gasteiger partial charge in [-0.05, 0) is 46.7 Å². The number of esters is 1. The Morgan fingerprint density at radius 1 is 1.08 bits per heavy atom. The first-order valence-electron chi connectivity index (χ1n) is 11.9. The summed E-state index contributed by atoms with van der Waals surface area (Å²) in [7, 11) is 0. The van der Waals surface area contributed by atoms with E-state index in [0.717, 1.165) is 41.6 Å². The normalized spacial score (nSPS) is 10.9. The van der Waals surface area contributed by atoms with E-state index in [4.69, 9.17) is 9.72 Å². The number of anilines is 1. The summed E-state index contributed by atoms with van der Waals surface area (Å²) >= 11 is 1.45. The van der Waals surface area contributed by atoms with Crippen molar-refractivity contribution in [3.63, 3.8) is 0 Å². The molecule has 0 fully saturated rings. The van der Waals surface area contributed by atoms with E-state index in [1.807, 2.05) is 24.5 Å². The first-order valence-corrected chi connectivity index (χ1v) is 13.1. The Kier molecular flexibility index (Phi) is 8.62. The number of rotatable bonds is 11. The summed E-state index contributed by atoms with van der Waals surface area (Å²) in [5.74, 6) is 0.823. The smallest absolute Gasteiger partial charge is 0.343 e. The first-order chi connectivity index (χ1) is 17.6. The van der Waals surface area contributed by atoms with Crippen LogP contribution in [0.3, 0.4) is 0 Å². The van der Waals surface area contributed by atoms with Crippen LogP contribution in [0.25, 0.3) is 22.5 Å². The van der Waals surface area contributed by atoms with Crippen molar-refractivity contribution in [3.05, 3.63) is 65.9 Å². The topological polar surface area (TPSA) is 110 Å². The number of H-pyrrole nitrogens is 1. The number of benzene rings is 2. The number of aromatic nitrogens is 6. The van der Waals surface area contributed by atoms with E-state index in [1.165, 1.54) is 11.8 Å². The van der Waals surface area contributed by atoms with Crippen molar-refractivity contribution in [1.29, 1.82) is 0 Å². The van der Waals surface area contributed by atoms with Crippen LogP contribution in [-0.4, -0.2) is 56.0 Å². The molecule has 0 spiro atoms. The van der Waals surface area contributed by atoms with Crippen LogP contribution in [0.2, 0.25) is 0 Å². The maximum absolute atomic E-state index is 12.7. The Hall–Kier alpha value is -3.79. The number of aromatic amines is 1. The zero-order valence-corrected chi connectivity index (χ0v) is 21.5. The van der Waals surface area contributed by atoms with E-state index in [-0.39, 0.29) is 0 Å². The molecule has 4 aromatic rings. The molecule has 0 saturated carbocycles. The van der Waals surface area contributed by atoms with Gasteiger partial charge in [0.05, 0.1) is 6.61 Å². The molecule has 4 rings (SSSR count). The summed E-state index contributed by atoms with van der Waals surface area (Å²) in [4.78, 5) is 23.8. The molecule has 10 heteroatoms. The van der Waals surface area contributed by atoms with E-state index in [1.54, 1.807) is 13.1 Å². The van der Waals surface area contributed by atoms with Gasteiger partial charge in [0.1, 0.15) is 11.4 Å².